The molecule has 1 N–H and O–H groups in total. The number of nitrogens with one attached hydrogen (secondary N) is 1. The van der Waals surface area contributed by atoms with Crippen molar-refractivity contribution in [1.82, 2.24) is 10.2 Å². The van der Waals surface area contributed by atoms with Crippen molar-refractivity contribution in [2.24, 2.45) is 0 Å². The van der Waals surface area contributed by atoms with Crippen molar-refractivity contribution in [3.8, 4) is 0 Å². The van der Waals surface area contributed by atoms with E-state index >= 15 is 0 Å². The quantitative estimate of drug-likeness (QED) is 0.835. The molecule has 2 rings (SSSR count). The number of carbonyl (C=O) groups excluding carboxylic acids is 3. The highest BCUT2D eigenvalue weighted by Gasteiger charge is 2.32. The summed E-state index contributed by atoms with van der Waals surface area (Å²) in [5.74, 6) is -2.30. The fraction of sp³-hybridized carbons (Fsp3) is 0.308. The Kier molecular flexibility index (Phi) is 3.97. The highest BCUT2D eigenvalue weighted by Crippen LogP contribution is 2.11. The fourth-order valence-corrected chi connectivity index (χ4v) is 1.80. The van der Waals surface area contributed by atoms with Crippen molar-refractivity contribution in [1.29, 1.82) is 0 Å². The molecule has 1 atom stereocenters. The van der Waals surface area contributed by atoms with Crippen LogP contribution >= 0.6 is 0 Å². The lowest BCUT2D eigenvalue weighted by atomic mass is 10.2. The molecule has 0 saturated carbocycles. The molecule has 3 amide bonds. The minimum Gasteiger partial charge on any atom is -0.449 e. The average molecular weight is 280 g/mol. The molecule has 1 unspecified atom stereocenters. The van der Waals surface area contributed by atoms with Crippen molar-refractivity contribution in [2.45, 2.75) is 13.0 Å². The summed E-state index contributed by atoms with van der Waals surface area (Å²) in [5, 5.41) is 2.47. The van der Waals surface area contributed by atoms with Crippen LogP contribution in [0.5, 0.6) is 0 Å². The van der Waals surface area contributed by atoms with Gasteiger partial charge in [0.1, 0.15) is 5.82 Å². The number of carbonyl (C=O) groups is 3. The Morgan fingerprint density at radius 1 is 1.40 bits per heavy atom. The Hall–Kier alpha value is -2.44. The SMILES string of the molecule is CC(OC(=O)c1ccccc1F)C(=O)N1CCNC1=O. The molecule has 1 aromatic carbocycles. The van der Waals surface area contributed by atoms with Gasteiger partial charge in [0.2, 0.25) is 0 Å². The van der Waals surface area contributed by atoms with Gasteiger partial charge in [-0.2, -0.15) is 0 Å². The number of benzene rings is 1. The van der Waals surface area contributed by atoms with E-state index in [1.807, 2.05) is 0 Å². The molecular weight excluding hydrogens is 267 g/mol. The third-order valence-corrected chi connectivity index (χ3v) is 2.85. The summed E-state index contributed by atoms with van der Waals surface area (Å²) in [5.41, 5.74) is -0.252. The van der Waals surface area contributed by atoms with Gasteiger partial charge in [0.25, 0.3) is 5.91 Å². The first-order valence-electron chi connectivity index (χ1n) is 6.05. The van der Waals surface area contributed by atoms with E-state index < -0.39 is 29.8 Å². The summed E-state index contributed by atoms with van der Waals surface area (Å²) in [7, 11) is 0. The van der Waals surface area contributed by atoms with Gasteiger partial charge >= 0.3 is 12.0 Å². The Morgan fingerprint density at radius 3 is 2.70 bits per heavy atom. The molecule has 1 fully saturated rings. The van der Waals surface area contributed by atoms with Crippen molar-refractivity contribution in [3.05, 3.63) is 35.6 Å². The summed E-state index contributed by atoms with van der Waals surface area (Å²) >= 11 is 0. The monoisotopic (exact) mass is 280 g/mol. The largest absolute Gasteiger partial charge is 0.449 e. The second-order valence-corrected chi connectivity index (χ2v) is 4.25. The standard InChI is InChI=1S/C13H13FN2O4/c1-8(11(17)16-7-6-15-13(16)19)20-12(18)9-4-2-3-5-10(9)14/h2-5,8H,6-7H2,1H3,(H,15,19). The first-order valence-corrected chi connectivity index (χ1v) is 6.05. The smallest absolute Gasteiger partial charge is 0.341 e. The van der Waals surface area contributed by atoms with E-state index in [9.17, 15) is 18.8 Å². The molecule has 7 heteroatoms. The third-order valence-electron chi connectivity index (χ3n) is 2.85. The topological polar surface area (TPSA) is 75.7 Å². The number of urea groups is 1. The molecule has 1 saturated heterocycles. The normalized spacial score (nSPS) is 15.7. The summed E-state index contributed by atoms with van der Waals surface area (Å²) in [6.07, 6.45) is -1.16. The van der Waals surface area contributed by atoms with Crippen LogP contribution in [-0.2, 0) is 9.53 Å². The molecule has 106 valence electrons. The maximum absolute atomic E-state index is 13.4. The van der Waals surface area contributed by atoms with Crippen molar-refractivity contribution >= 4 is 17.9 Å². The van der Waals surface area contributed by atoms with Crippen LogP contribution in [0.25, 0.3) is 0 Å². The fourth-order valence-electron chi connectivity index (χ4n) is 1.80. The van der Waals surface area contributed by atoms with Crippen LogP contribution in [0.15, 0.2) is 24.3 Å². The van der Waals surface area contributed by atoms with Gasteiger partial charge in [-0.15, -0.1) is 0 Å². The predicted molar refractivity (Wildman–Crippen MR) is 66.4 cm³/mol. The van der Waals surface area contributed by atoms with E-state index in [0.29, 0.717) is 6.54 Å². The highest BCUT2D eigenvalue weighted by atomic mass is 19.1. The van der Waals surface area contributed by atoms with Gasteiger partial charge in [0, 0.05) is 13.1 Å². The van der Waals surface area contributed by atoms with Crippen molar-refractivity contribution in [3.63, 3.8) is 0 Å². The zero-order chi connectivity index (χ0) is 14.7. The van der Waals surface area contributed by atoms with E-state index in [1.54, 1.807) is 0 Å². The number of nitrogens with zero attached hydrogens (tertiary/aromatic N) is 1. The Balaban J connectivity index is 2.02. The molecule has 6 nitrogen and oxygen atoms in total. The minimum absolute atomic E-state index is 0.221. The zero-order valence-electron chi connectivity index (χ0n) is 10.8. The van der Waals surface area contributed by atoms with Gasteiger partial charge < -0.3 is 10.1 Å². The van der Waals surface area contributed by atoms with Gasteiger partial charge in [0.05, 0.1) is 5.56 Å². The number of esters is 1. The molecule has 0 aromatic heterocycles. The average Bonchev–Trinajstić information content (AvgIpc) is 2.84. The second-order valence-electron chi connectivity index (χ2n) is 4.25. The Morgan fingerprint density at radius 2 is 2.10 bits per heavy atom. The molecule has 0 spiro atoms. The number of rotatable bonds is 3. The van der Waals surface area contributed by atoms with Gasteiger partial charge in [-0.1, -0.05) is 12.1 Å². The van der Waals surface area contributed by atoms with Gasteiger partial charge in [0.15, 0.2) is 6.10 Å². The third kappa shape index (κ3) is 2.76. The van der Waals surface area contributed by atoms with Crippen LogP contribution in [0.3, 0.4) is 0 Å². The molecule has 20 heavy (non-hydrogen) atoms. The molecule has 1 heterocycles. The minimum atomic E-state index is -1.16. The summed E-state index contributed by atoms with van der Waals surface area (Å²) in [4.78, 5) is 35.9. The van der Waals surface area contributed by atoms with Crippen LogP contribution in [0.1, 0.15) is 17.3 Å². The van der Waals surface area contributed by atoms with Gasteiger partial charge in [-0.05, 0) is 19.1 Å². The van der Waals surface area contributed by atoms with E-state index in [1.165, 1.54) is 25.1 Å². The van der Waals surface area contributed by atoms with E-state index in [0.717, 1.165) is 11.0 Å². The number of halogens is 1. The van der Waals surface area contributed by atoms with E-state index in [2.05, 4.69) is 5.32 Å². The van der Waals surface area contributed by atoms with Crippen molar-refractivity contribution < 1.29 is 23.5 Å². The maximum atomic E-state index is 13.4. The van der Waals surface area contributed by atoms with E-state index in [-0.39, 0.29) is 12.1 Å². The lowest BCUT2D eigenvalue weighted by Crippen LogP contribution is -2.41. The summed E-state index contributed by atoms with van der Waals surface area (Å²) in [6, 6.07) is 4.79. The lowest BCUT2D eigenvalue weighted by Gasteiger charge is -2.18. The predicted octanol–water partition coefficient (Wildman–Crippen LogP) is 0.923. The summed E-state index contributed by atoms with van der Waals surface area (Å²) in [6.45, 7) is 1.92. The number of ether oxygens (including phenoxy) is 1. The number of hydrogen-bond donors (Lipinski definition) is 1. The summed E-state index contributed by atoms with van der Waals surface area (Å²) < 4.78 is 18.3. The van der Waals surface area contributed by atoms with Gasteiger partial charge in [-0.3, -0.25) is 9.69 Å². The van der Waals surface area contributed by atoms with Crippen LogP contribution in [0, 0.1) is 5.82 Å². The second kappa shape index (κ2) is 5.68. The molecule has 0 aliphatic carbocycles. The Bertz CT molecular complexity index is 561. The Labute approximate surface area is 114 Å². The van der Waals surface area contributed by atoms with Crippen LogP contribution < -0.4 is 5.32 Å². The van der Waals surface area contributed by atoms with Gasteiger partial charge in [-0.25, -0.2) is 14.0 Å². The highest BCUT2D eigenvalue weighted by molar-refractivity contribution is 5.99. The zero-order valence-corrected chi connectivity index (χ0v) is 10.8. The van der Waals surface area contributed by atoms with Crippen LogP contribution in [0.4, 0.5) is 9.18 Å². The molecule has 1 aliphatic rings. The molecule has 1 aromatic rings. The first kappa shape index (κ1) is 14.0. The molecule has 1 aliphatic heterocycles. The molecular formula is C13H13FN2O4. The molecule has 0 radical (unpaired) electrons. The number of hydrogen-bond acceptors (Lipinski definition) is 4. The van der Waals surface area contributed by atoms with E-state index in [4.69, 9.17) is 4.74 Å². The van der Waals surface area contributed by atoms with Crippen molar-refractivity contribution in [2.75, 3.05) is 13.1 Å². The number of amides is 3. The maximum Gasteiger partial charge on any atom is 0.341 e. The number of imide groups is 1. The first-order chi connectivity index (χ1) is 9.50. The molecule has 0 bridgehead atoms. The van der Waals surface area contributed by atoms with Crippen LogP contribution in [-0.4, -0.2) is 42.0 Å². The lowest BCUT2D eigenvalue weighted by molar-refractivity contribution is -0.136. The van der Waals surface area contributed by atoms with Crippen LogP contribution in [0.2, 0.25) is 0 Å².